The van der Waals surface area contributed by atoms with Gasteiger partial charge in [0.25, 0.3) is 5.91 Å². The summed E-state index contributed by atoms with van der Waals surface area (Å²) >= 11 is 1.35. The summed E-state index contributed by atoms with van der Waals surface area (Å²) in [6.45, 7) is 6.20. The average molecular weight is 473 g/mol. The van der Waals surface area contributed by atoms with E-state index in [1.54, 1.807) is 23.6 Å². The number of benzene rings is 2. The number of hydrogen-bond donors (Lipinski definition) is 0. The first-order valence-electron chi connectivity index (χ1n) is 10.5. The zero-order valence-corrected chi connectivity index (χ0v) is 20.4. The molecule has 0 fully saturated rings. The number of amides is 1. The molecule has 0 aliphatic heterocycles. The number of carbonyl (C=O) groups excluding carboxylic acids is 2. The Kier molecular flexibility index (Phi) is 7.75. The molecule has 0 bridgehead atoms. The Hall–Kier alpha value is -3.33. The fraction of sp³-hybridized carbons (Fsp3) is 0.375. The largest absolute Gasteiger partial charge is 0.493 e. The number of rotatable bonds is 8. The number of nitrogens with zero attached hydrogens (tertiary/aromatic N) is 2. The van der Waals surface area contributed by atoms with Crippen LogP contribution in [-0.4, -0.2) is 44.4 Å². The molecule has 0 spiro atoms. The van der Waals surface area contributed by atoms with E-state index in [1.165, 1.54) is 32.7 Å². The molecule has 33 heavy (non-hydrogen) atoms. The van der Waals surface area contributed by atoms with Crippen molar-refractivity contribution >= 4 is 33.4 Å². The molecule has 1 aromatic heterocycles. The summed E-state index contributed by atoms with van der Waals surface area (Å²) in [6.07, 6.45) is 0. The van der Waals surface area contributed by atoms with E-state index >= 15 is 0 Å². The topological polar surface area (TPSA) is 88.4 Å². The third-order valence-electron chi connectivity index (χ3n) is 5.07. The number of hydrogen-bond acceptors (Lipinski definition) is 7. The predicted octanol–water partition coefficient (Wildman–Crippen LogP) is 4.16. The van der Waals surface area contributed by atoms with Crippen molar-refractivity contribution in [3.63, 3.8) is 0 Å². The van der Waals surface area contributed by atoms with Gasteiger partial charge in [0.2, 0.25) is 5.75 Å². The van der Waals surface area contributed by atoms with Crippen LogP contribution in [-0.2, 0) is 16.1 Å². The number of methoxy groups -OCH3 is 3. The summed E-state index contributed by atoms with van der Waals surface area (Å²) in [4.78, 5) is 30.1. The van der Waals surface area contributed by atoms with Crippen LogP contribution >= 0.6 is 11.3 Å². The van der Waals surface area contributed by atoms with Gasteiger partial charge in [0.15, 0.2) is 16.3 Å². The second kappa shape index (κ2) is 10.5. The average Bonchev–Trinajstić information content (AvgIpc) is 3.13. The van der Waals surface area contributed by atoms with Gasteiger partial charge in [-0.25, -0.2) is 0 Å². The second-order valence-corrected chi connectivity index (χ2v) is 8.50. The first-order chi connectivity index (χ1) is 15.8. The Morgan fingerprint density at radius 2 is 1.70 bits per heavy atom. The summed E-state index contributed by atoms with van der Waals surface area (Å²) < 4.78 is 23.8. The Morgan fingerprint density at radius 3 is 2.24 bits per heavy atom. The lowest BCUT2D eigenvalue weighted by Gasteiger charge is -2.12. The van der Waals surface area contributed by atoms with E-state index in [1.807, 2.05) is 12.1 Å². The van der Waals surface area contributed by atoms with E-state index in [4.69, 9.17) is 18.9 Å². The molecule has 0 saturated heterocycles. The molecular formula is C24H28N2O6S. The monoisotopic (exact) mass is 472 g/mol. The van der Waals surface area contributed by atoms with E-state index in [0.29, 0.717) is 28.0 Å². The van der Waals surface area contributed by atoms with Gasteiger partial charge in [-0.1, -0.05) is 31.3 Å². The van der Waals surface area contributed by atoms with Crippen LogP contribution in [0.3, 0.4) is 0 Å². The molecule has 2 aromatic carbocycles. The number of thiazole rings is 1. The van der Waals surface area contributed by atoms with Crippen molar-refractivity contribution < 1.29 is 28.5 Å². The minimum atomic E-state index is -0.498. The third kappa shape index (κ3) is 5.19. The number of esters is 1. The Labute approximate surface area is 196 Å². The van der Waals surface area contributed by atoms with Gasteiger partial charge in [-0.3, -0.25) is 9.59 Å². The lowest BCUT2D eigenvalue weighted by molar-refractivity contribution is -0.143. The summed E-state index contributed by atoms with van der Waals surface area (Å²) in [5, 5.41) is 0. The van der Waals surface area contributed by atoms with Gasteiger partial charge in [-0.2, -0.15) is 4.99 Å². The maximum absolute atomic E-state index is 13.1. The van der Waals surface area contributed by atoms with E-state index in [2.05, 4.69) is 24.9 Å². The Bertz CT molecular complexity index is 1220. The van der Waals surface area contributed by atoms with Gasteiger partial charge in [0.05, 0.1) is 38.2 Å². The summed E-state index contributed by atoms with van der Waals surface area (Å²) in [5.41, 5.74) is 2.25. The molecule has 3 aromatic rings. The van der Waals surface area contributed by atoms with Crippen LogP contribution in [0.5, 0.6) is 17.2 Å². The highest BCUT2D eigenvalue weighted by Crippen LogP contribution is 2.38. The van der Waals surface area contributed by atoms with Crippen LogP contribution in [0.25, 0.3) is 10.2 Å². The molecule has 1 amide bonds. The highest BCUT2D eigenvalue weighted by Gasteiger charge is 2.18. The standard InChI is InChI=1S/C24H28N2O6S/c1-7-32-21(27)13-26-17-9-8-15(14(2)3)12-20(17)33-24(26)25-23(28)16-10-18(29-4)22(31-6)19(11-16)30-5/h8-12,14H,7,13H2,1-6H3. The number of aromatic nitrogens is 1. The number of carbonyl (C=O) groups is 2. The summed E-state index contributed by atoms with van der Waals surface area (Å²) in [6, 6.07) is 9.13. The minimum absolute atomic E-state index is 0.0454. The summed E-state index contributed by atoms with van der Waals surface area (Å²) in [5.74, 6) is 0.544. The maximum Gasteiger partial charge on any atom is 0.326 e. The van der Waals surface area contributed by atoms with E-state index in [9.17, 15) is 9.59 Å². The Morgan fingerprint density at radius 1 is 1.03 bits per heavy atom. The van der Waals surface area contributed by atoms with Crippen LogP contribution in [0.15, 0.2) is 35.3 Å². The molecule has 0 saturated carbocycles. The molecular weight excluding hydrogens is 444 g/mol. The van der Waals surface area contributed by atoms with Gasteiger partial charge in [-0.15, -0.1) is 0 Å². The van der Waals surface area contributed by atoms with Crippen LogP contribution < -0.4 is 19.0 Å². The number of ether oxygens (including phenoxy) is 4. The van der Waals surface area contributed by atoms with Crippen molar-refractivity contribution in [1.29, 1.82) is 0 Å². The molecule has 8 nitrogen and oxygen atoms in total. The SMILES string of the molecule is CCOC(=O)Cn1c(=NC(=O)c2cc(OC)c(OC)c(OC)c2)sc2cc(C(C)C)ccc21. The molecule has 0 aliphatic carbocycles. The zero-order chi connectivity index (χ0) is 24.1. The van der Waals surface area contributed by atoms with Crippen molar-refractivity contribution in [3.8, 4) is 17.2 Å². The van der Waals surface area contributed by atoms with Crippen molar-refractivity contribution in [2.24, 2.45) is 4.99 Å². The van der Waals surface area contributed by atoms with Gasteiger partial charge < -0.3 is 23.5 Å². The van der Waals surface area contributed by atoms with Crippen LogP contribution in [0, 0.1) is 0 Å². The first-order valence-corrected chi connectivity index (χ1v) is 11.3. The van der Waals surface area contributed by atoms with Crippen molar-refractivity contribution in [3.05, 3.63) is 46.3 Å². The number of fused-ring (bicyclic) bond motifs is 1. The van der Waals surface area contributed by atoms with Crippen LogP contribution in [0.4, 0.5) is 0 Å². The van der Waals surface area contributed by atoms with Gasteiger partial charge in [-0.05, 0) is 42.7 Å². The smallest absolute Gasteiger partial charge is 0.326 e. The van der Waals surface area contributed by atoms with Crippen LogP contribution in [0.1, 0.15) is 42.6 Å². The van der Waals surface area contributed by atoms with E-state index < -0.39 is 11.9 Å². The Balaban J connectivity index is 2.15. The van der Waals surface area contributed by atoms with E-state index in [-0.39, 0.29) is 18.7 Å². The normalized spacial score (nSPS) is 11.7. The summed E-state index contributed by atoms with van der Waals surface area (Å²) in [7, 11) is 4.45. The van der Waals surface area contributed by atoms with Gasteiger partial charge in [0.1, 0.15) is 6.54 Å². The fourth-order valence-electron chi connectivity index (χ4n) is 3.38. The van der Waals surface area contributed by atoms with E-state index in [0.717, 1.165) is 15.8 Å². The predicted molar refractivity (Wildman–Crippen MR) is 127 cm³/mol. The van der Waals surface area contributed by atoms with Gasteiger partial charge >= 0.3 is 5.97 Å². The molecule has 0 unspecified atom stereocenters. The van der Waals surface area contributed by atoms with Crippen LogP contribution in [0.2, 0.25) is 0 Å². The lowest BCUT2D eigenvalue weighted by Crippen LogP contribution is -2.23. The van der Waals surface area contributed by atoms with Crippen molar-refractivity contribution in [2.45, 2.75) is 33.2 Å². The fourth-order valence-corrected chi connectivity index (χ4v) is 4.45. The maximum atomic E-state index is 13.1. The zero-order valence-electron chi connectivity index (χ0n) is 19.6. The third-order valence-corrected chi connectivity index (χ3v) is 6.12. The highest BCUT2D eigenvalue weighted by molar-refractivity contribution is 7.16. The minimum Gasteiger partial charge on any atom is -0.493 e. The van der Waals surface area contributed by atoms with Crippen molar-refractivity contribution in [2.75, 3.05) is 27.9 Å². The molecule has 176 valence electrons. The molecule has 0 N–H and O–H groups in total. The van der Waals surface area contributed by atoms with Crippen molar-refractivity contribution in [1.82, 2.24) is 4.57 Å². The molecule has 0 atom stereocenters. The van der Waals surface area contributed by atoms with Gasteiger partial charge in [0, 0.05) is 5.56 Å². The molecule has 3 rings (SSSR count). The quantitative estimate of drug-likeness (QED) is 0.458. The molecule has 0 radical (unpaired) electrons. The molecule has 1 heterocycles. The second-order valence-electron chi connectivity index (χ2n) is 7.49. The molecule has 0 aliphatic rings. The first kappa shape index (κ1) is 24.3. The highest BCUT2D eigenvalue weighted by atomic mass is 32.1. The molecule has 9 heteroatoms. The lowest BCUT2D eigenvalue weighted by atomic mass is 10.0.